The van der Waals surface area contributed by atoms with Gasteiger partial charge < -0.3 is 5.48 Å². The first-order valence-corrected chi connectivity index (χ1v) is 10.3. The van der Waals surface area contributed by atoms with E-state index in [2.05, 4.69) is 68.5 Å². The minimum Gasteiger partial charge on any atom is -0.412 e. The van der Waals surface area contributed by atoms with E-state index in [-0.39, 0.29) is 5.48 Å². The lowest BCUT2D eigenvalue weighted by atomic mass is 10.1. The molecule has 0 saturated carbocycles. The summed E-state index contributed by atoms with van der Waals surface area (Å²) in [5, 5.41) is 4.59. The van der Waals surface area contributed by atoms with Gasteiger partial charge in [-0.25, -0.2) is 0 Å². The van der Waals surface area contributed by atoms with Crippen molar-refractivity contribution in [2.45, 2.75) is 20.8 Å². The Morgan fingerprint density at radius 1 is 0.438 bits per heavy atom. The van der Waals surface area contributed by atoms with Crippen LogP contribution in [0.3, 0.4) is 0 Å². The van der Waals surface area contributed by atoms with Gasteiger partial charge >= 0.3 is 0 Å². The van der Waals surface area contributed by atoms with Gasteiger partial charge in [-0.2, -0.15) is 0 Å². The molecule has 5 heteroatoms. The van der Waals surface area contributed by atoms with Crippen molar-refractivity contribution in [3.05, 3.63) is 96.1 Å². The molecule has 0 saturated heterocycles. The summed E-state index contributed by atoms with van der Waals surface area (Å²) in [7, 11) is 0. The van der Waals surface area contributed by atoms with Crippen LogP contribution in [0.4, 0.5) is 0 Å². The number of aromatic nitrogens is 4. The van der Waals surface area contributed by atoms with Gasteiger partial charge in [0.25, 0.3) is 0 Å². The summed E-state index contributed by atoms with van der Waals surface area (Å²) < 4.78 is 0. The van der Waals surface area contributed by atoms with E-state index in [0.29, 0.717) is 0 Å². The average Bonchev–Trinajstić information content (AvgIpc) is 2.79. The first-order chi connectivity index (χ1) is 15.1. The van der Waals surface area contributed by atoms with E-state index < -0.39 is 0 Å². The molecular weight excluding hydrogens is 396 g/mol. The van der Waals surface area contributed by atoms with Crippen LogP contribution < -0.4 is 0 Å². The van der Waals surface area contributed by atoms with Crippen LogP contribution in [0, 0.1) is 20.8 Å². The number of benzene rings is 2. The maximum Gasteiger partial charge on any atom is 0.0967 e. The molecule has 6 aromatic rings. The molecule has 0 aliphatic carbocycles. The second kappa shape index (κ2) is 8.65. The molecule has 5 nitrogen and oxygen atoms in total. The highest BCUT2D eigenvalue weighted by Gasteiger charge is 2.04. The number of nitrogens with zero attached hydrogens (tertiary/aromatic N) is 4. The Balaban J connectivity index is 0.000000149. The van der Waals surface area contributed by atoms with Crippen LogP contribution in [0.5, 0.6) is 0 Å². The largest absolute Gasteiger partial charge is 0.412 e. The monoisotopic (exact) mass is 420 g/mol. The highest BCUT2D eigenvalue weighted by molar-refractivity contribution is 6.03. The first-order valence-electron chi connectivity index (χ1n) is 10.3. The minimum absolute atomic E-state index is 0. The molecule has 0 fully saturated rings. The minimum atomic E-state index is 0. The number of pyridine rings is 4. The fraction of sp³-hybridized carbons (Fsp3) is 0.111. The van der Waals surface area contributed by atoms with Gasteiger partial charge in [-0.05, 0) is 45.0 Å². The molecule has 0 amide bonds. The molecule has 0 aliphatic heterocycles. The van der Waals surface area contributed by atoms with Crippen molar-refractivity contribution < 1.29 is 5.48 Å². The molecule has 0 bridgehead atoms. The highest BCUT2D eigenvalue weighted by atomic mass is 16.0. The highest BCUT2D eigenvalue weighted by Crippen LogP contribution is 2.23. The summed E-state index contributed by atoms with van der Waals surface area (Å²) in [5.41, 5.74) is 7.07. The summed E-state index contributed by atoms with van der Waals surface area (Å²) in [4.78, 5) is 18.1. The van der Waals surface area contributed by atoms with Crippen LogP contribution in [0.15, 0.2) is 79.0 Å². The summed E-state index contributed by atoms with van der Waals surface area (Å²) in [6.07, 6.45) is 1.81. The lowest BCUT2D eigenvalue weighted by Crippen LogP contribution is -1.89. The lowest BCUT2D eigenvalue weighted by Gasteiger charge is -2.04. The predicted octanol–water partition coefficient (Wildman–Crippen LogP) is 5.67. The Kier molecular flexibility index (Phi) is 5.75. The number of fused-ring (bicyclic) bond motifs is 6. The van der Waals surface area contributed by atoms with Gasteiger partial charge in [-0.15, -0.1) is 0 Å². The van der Waals surface area contributed by atoms with Gasteiger partial charge in [0.2, 0.25) is 0 Å². The van der Waals surface area contributed by atoms with Crippen LogP contribution in [0.25, 0.3) is 43.6 Å². The first kappa shape index (κ1) is 21.3. The van der Waals surface area contributed by atoms with E-state index in [1.807, 2.05) is 51.2 Å². The van der Waals surface area contributed by atoms with Gasteiger partial charge in [-0.3, -0.25) is 19.9 Å². The number of aryl methyl sites for hydroxylation is 3. The third kappa shape index (κ3) is 3.98. The van der Waals surface area contributed by atoms with Gasteiger partial charge in [0.1, 0.15) is 0 Å². The van der Waals surface area contributed by atoms with Crippen molar-refractivity contribution in [3.63, 3.8) is 0 Å². The van der Waals surface area contributed by atoms with E-state index in [9.17, 15) is 0 Å². The second-order valence-corrected chi connectivity index (χ2v) is 7.78. The van der Waals surface area contributed by atoms with Gasteiger partial charge in [0, 0.05) is 44.8 Å². The molecule has 4 heterocycles. The number of rotatable bonds is 0. The van der Waals surface area contributed by atoms with Crippen LogP contribution in [0.2, 0.25) is 0 Å². The third-order valence-corrected chi connectivity index (χ3v) is 5.37. The predicted molar refractivity (Wildman–Crippen MR) is 132 cm³/mol. The normalized spacial score (nSPS) is 10.7. The van der Waals surface area contributed by atoms with Crippen LogP contribution in [0.1, 0.15) is 17.1 Å². The zero-order chi connectivity index (χ0) is 21.4. The Hall–Kier alpha value is -3.96. The molecule has 0 radical (unpaired) electrons. The molecule has 2 N–H and O–H groups in total. The second-order valence-electron chi connectivity index (χ2n) is 7.78. The molecule has 32 heavy (non-hydrogen) atoms. The smallest absolute Gasteiger partial charge is 0.0967 e. The molecule has 0 unspecified atom stereocenters. The lowest BCUT2D eigenvalue weighted by molar-refractivity contribution is 0.824. The molecule has 0 aliphatic rings. The Bertz CT molecular complexity index is 1520. The standard InChI is InChI=1S/C14H12N2.C13H10N2.H2O/c1-9-3-5-11-7-8-12-6-4-10(2)16-14(12)13(11)15-9;1-9-4-5-11-7-6-10-3-2-8-14-12(10)13(11)15-9;/h3-8H,1-2H3;2-8H,1H3;1H2. The summed E-state index contributed by atoms with van der Waals surface area (Å²) >= 11 is 0. The van der Waals surface area contributed by atoms with Gasteiger partial charge in [0.05, 0.1) is 22.1 Å². The maximum atomic E-state index is 4.58. The van der Waals surface area contributed by atoms with Crippen LogP contribution in [-0.2, 0) is 0 Å². The van der Waals surface area contributed by atoms with Crippen molar-refractivity contribution in [1.82, 2.24) is 19.9 Å². The van der Waals surface area contributed by atoms with Crippen molar-refractivity contribution in [2.75, 3.05) is 0 Å². The van der Waals surface area contributed by atoms with E-state index in [1.165, 1.54) is 0 Å². The third-order valence-electron chi connectivity index (χ3n) is 5.37. The Morgan fingerprint density at radius 3 is 1.22 bits per heavy atom. The molecule has 2 aromatic carbocycles. The van der Waals surface area contributed by atoms with Gasteiger partial charge in [-0.1, -0.05) is 48.5 Å². The van der Waals surface area contributed by atoms with E-state index in [1.54, 1.807) is 0 Å². The molecule has 0 atom stereocenters. The van der Waals surface area contributed by atoms with Crippen LogP contribution in [-0.4, -0.2) is 25.4 Å². The molecule has 158 valence electrons. The van der Waals surface area contributed by atoms with Gasteiger partial charge in [0.15, 0.2) is 0 Å². The quantitative estimate of drug-likeness (QED) is 0.297. The van der Waals surface area contributed by atoms with Crippen molar-refractivity contribution >= 4 is 43.6 Å². The van der Waals surface area contributed by atoms with E-state index in [4.69, 9.17) is 0 Å². The van der Waals surface area contributed by atoms with Crippen LogP contribution >= 0.6 is 0 Å². The number of hydrogen-bond acceptors (Lipinski definition) is 4. The molecular formula is C27H24N4O. The Labute approximate surface area is 186 Å². The van der Waals surface area contributed by atoms with Crippen molar-refractivity contribution in [3.8, 4) is 0 Å². The van der Waals surface area contributed by atoms with Crippen molar-refractivity contribution in [2.24, 2.45) is 0 Å². The van der Waals surface area contributed by atoms with E-state index >= 15 is 0 Å². The topological polar surface area (TPSA) is 83.1 Å². The number of hydrogen-bond donors (Lipinski definition) is 0. The van der Waals surface area contributed by atoms with Crippen molar-refractivity contribution in [1.29, 1.82) is 0 Å². The molecule has 4 aromatic heterocycles. The fourth-order valence-corrected chi connectivity index (χ4v) is 3.78. The molecule has 0 spiro atoms. The zero-order valence-electron chi connectivity index (χ0n) is 18.3. The summed E-state index contributed by atoms with van der Waals surface area (Å²) in [6, 6.07) is 24.8. The maximum absolute atomic E-state index is 4.58. The van der Waals surface area contributed by atoms with E-state index in [0.717, 1.165) is 60.7 Å². The zero-order valence-corrected chi connectivity index (χ0v) is 18.3. The average molecular weight is 421 g/mol. The SMILES string of the molecule is Cc1ccc2ccc3ccc(C)nc3c2n1.Cc1ccc2ccc3cccnc3c2n1.O. The summed E-state index contributed by atoms with van der Waals surface area (Å²) in [6.45, 7) is 6.02. The fourth-order valence-electron chi connectivity index (χ4n) is 3.78. The summed E-state index contributed by atoms with van der Waals surface area (Å²) in [5.74, 6) is 0. The Morgan fingerprint density at radius 2 is 0.781 bits per heavy atom. The molecule has 6 rings (SSSR count).